The first-order chi connectivity index (χ1) is 11.9. The van der Waals surface area contributed by atoms with Crippen molar-refractivity contribution < 1.29 is 22.8 Å². The lowest BCUT2D eigenvalue weighted by Crippen LogP contribution is -2.32. The van der Waals surface area contributed by atoms with Gasteiger partial charge in [-0.05, 0) is 49.9 Å². The van der Waals surface area contributed by atoms with Crippen LogP contribution in [0.4, 0.5) is 5.69 Å². The van der Waals surface area contributed by atoms with E-state index < -0.39 is 28.0 Å². The normalized spacial score (nSPS) is 21.7. The lowest BCUT2D eigenvalue weighted by atomic mass is 9.79. The number of benzene rings is 1. The van der Waals surface area contributed by atoms with E-state index in [0.717, 1.165) is 37.0 Å². The molecule has 2 fully saturated rings. The van der Waals surface area contributed by atoms with Gasteiger partial charge in [-0.15, -0.1) is 0 Å². The average molecular weight is 361 g/mol. The first-order valence-electron chi connectivity index (χ1n) is 8.37. The van der Waals surface area contributed by atoms with Crippen molar-refractivity contribution in [2.24, 2.45) is 11.8 Å². The van der Waals surface area contributed by atoms with Gasteiger partial charge in [-0.1, -0.05) is 19.3 Å². The van der Waals surface area contributed by atoms with Crippen LogP contribution in [0.5, 0.6) is 0 Å². The fraction of sp³-hybridized carbons (Fsp3) is 0.444. The van der Waals surface area contributed by atoms with Crippen molar-refractivity contribution in [3.63, 3.8) is 0 Å². The molecule has 0 N–H and O–H groups in total. The topological polar surface area (TPSA) is 88.6 Å². The van der Waals surface area contributed by atoms with Crippen LogP contribution >= 0.6 is 0 Å². The Hall–Kier alpha value is -2.28. The monoisotopic (exact) mass is 361 g/mol. The Morgan fingerprint density at radius 2 is 1.64 bits per heavy atom. The van der Waals surface area contributed by atoms with Gasteiger partial charge in [0.1, 0.15) is 0 Å². The summed E-state index contributed by atoms with van der Waals surface area (Å²) in [6.45, 7) is 1.42. The molecule has 0 spiro atoms. The highest BCUT2D eigenvalue weighted by Crippen LogP contribution is 2.36. The lowest BCUT2D eigenvalue weighted by molar-refractivity contribution is -0.123. The van der Waals surface area contributed by atoms with Gasteiger partial charge in [0.2, 0.25) is 16.2 Å². The molecule has 0 bridgehead atoms. The predicted molar refractivity (Wildman–Crippen MR) is 92.9 cm³/mol. The lowest BCUT2D eigenvalue weighted by Gasteiger charge is -2.25. The van der Waals surface area contributed by atoms with Crippen LogP contribution in [0, 0.1) is 11.8 Å². The molecule has 2 aliphatic rings. The van der Waals surface area contributed by atoms with Gasteiger partial charge < -0.3 is 0 Å². The SMILES string of the molecule is CC(=O)c1ccc(N2C(=O)C(=S(=O)=O)C(C3CCCCC3)C2=O)cc1. The molecule has 1 atom stereocenters. The summed E-state index contributed by atoms with van der Waals surface area (Å²) in [5, 5.41) is 0. The molecule has 7 heteroatoms. The van der Waals surface area contributed by atoms with Crippen LogP contribution in [-0.4, -0.2) is 30.9 Å². The van der Waals surface area contributed by atoms with Crippen molar-refractivity contribution in [2.75, 3.05) is 4.90 Å². The molecule has 25 heavy (non-hydrogen) atoms. The van der Waals surface area contributed by atoms with Crippen molar-refractivity contribution in [2.45, 2.75) is 39.0 Å². The van der Waals surface area contributed by atoms with Crippen LogP contribution in [-0.2, 0) is 19.9 Å². The molecule has 1 aromatic rings. The molecule has 1 aromatic carbocycles. The van der Waals surface area contributed by atoms with E-state index in [-0.39, 0.29) is 16.6 Å². The Morgan fingerprint density at radius 3 is 2.16 bits per heavy atom. The van der Waals surface area contributed by atoms with Crippen molar-refractivity contribution in [1.29, 1.82) is 0 Å². The minimum Gasteiger partial charge on any atom is -0.295 e. The van der Waals surface area contributed by atoms with Gasteiger partial charge in [-0.25, -0.2) is 4.90 Å². The molecule has 0 radical (unpaired) electrons. The van der Waals surface area contributed by atoms with Gasteiger partial charge in [-0.3, -0.25) is 14.4 Å². The number of ketones is 1. The van der Waals surface area contributed by atoms with E-state index in [1.54, 1.807) is 0 Å². The Balaban J connectivity index is 2.01. The van der Waals surface area contributed by atoms with Crippen LogP contribution < -0.4 is 4.90 Å². The second-order valence-corrected chi connectivity index (χ2v) is 7.47. The molecule has 3 rings (SSSR count). The van der Waals surface area contributed by atoms with E-state index in [1.165, 1.54) is 31.2 Å². The summed E-state index contributed by atoms with van der Waals surface area (Å²) in [6, 6.07) is 6.06. The van der Waals surface area contributed by atoms with Crippen molar-refractivity contribution in [3.8, 4) is 0 Å². The number of rotatable bonds is 3. The highest BCUT2D eigenvalue weighted by molar-refractivity contribution is 7.75. The summed E-state index contributed by atoms with van der Waals surface area (Å²) in [5.74, 6) is -2.38. The van der Waals surface area contributed by atoms with E-state index in [0.29, 0.717) is 11.3 Å². The number of hydrogen-bond donors (Lipinski definition) is 0. The van der Waals surface area contributed by atoms with E-state index in [9.17, 15) is 22.8 Å². The fourth-order valence-corrected chi connectivity index (χ4v) is 4.48. The molecule has 1 unspecified atom stereocenters. The van der Waals surface area contributed by atoms with Crippen LogP contribution in [0.2, 0.25) is 0 Å². The standard InChI is InChI=1S/C18H19NO5S/c1-11(20)12-7-9-14(10-8-12)19-17(21)15(13-5-3-2-4-6-13)16(18(19)22)25(23)24/h7-10,13,15H,2-6H2,1H3. The zero-order valence-corrected chi connectivity index (χ0v) is 14.7. The van der Waals surface area contributed by atoms with E-state index in [2.05, 4.69) is 0 Å². The Morgan fingerprint density at radius 1 is 1.04 bits per heavy atom. The Bertz CT molecular complexity index is 855. The quantitative estimate of drug-likeness (QED) is 0.467. The maximum Gasteiger partial charge on any atom is 0.277 e. The van der Waals surface area contributed by atoms with Gasteiger partial charge in [0.25, 0.3) is 5.91 Å². The molecule has 2 amide bonds. The van der Waals surface area contributed by atoms with Crippen LogP contribution in [0.25, 0.3) is 0 Å². The maximum absolute atomic E-state index is 12.9. The van der Waals surface area contributed by atoms with Gasteiger partial charge in [0.05, 0.1) is 11.6 Å². The van der Waals surface area contributed by atoms with Gasteiger partial charge in [-0.2, -0.15) is 8.42 Å². The predicted octanol–water partition coefficient (Wildman–Crippen LogP) is 2.01. The highest BCUT2D eigenvalue weighted by atomic mass is 32.2. The minimum absolute atomic E-state index is 0.111. The first-order valence-corrected chi connectivity index (χ1v) is 9.44. The smallest absolute Gasteiger partial charge is 0.277 e. The summed E-state index contributed by atoms with van der Waals surface area (Å²) in [4.78, 5) is 37.5. The summed E-state index contributed by atoms with van der Waals surface area (Å²) in [6.07, 6.45) is 4.45. The zero-order chi connectivity index (χ0) is 18.1. The molecular weight excluding hydrogens is 342 g/mol. The minimum atomic E-state index is -2.73. The molecular formula is C18H19NO5S. The number of carbonyl (C=O) groups is 3. The third-order valence-electron chi connectivity index (χ3n) is 5.02. The second kappa shape index (κ2) is 6.92. The summed E-state index contributed by atoms with van der Waals surface area (Å²) < 4.78 is 23.3. The molecule has 0 aromatic heterocycles. The van der Waals surface area contributed by atoms with E-state index in [1.807, 2.05) is 0 Å². The van der Waals surface area contributed by atoms with Crippen molar-refractivity contribution in [3.05, 3.63) is 29.8 Å². The fourth-order valence-electron chi connectivity index (χ4n) is 3.74. The van der Waals surface area contributed by atoms with E-state index in [4.69, 9.17) is 0 Å². The molecule has 1 saturated carbocycles. The number of carbonyl (C=O) groups excluding carboxylic acids is 3. The van der Waals surface area contributed by atoms with Gasteiger partial charge in [0, 0.05) is 5.56 Å². The maximum atomic E-state index is 12.9. The van der Waals surface area contributed by atoms with Crippen LogP contribution in [0.3, 0.4) is 0 Å². The van der Waals surface area contributed by atoms with Crippen molar-refractivity contribution >= 4 is 38.4 Å². The van der Waals surface area contributed by atoms with Gasteiger partial charge in [0.15, 0.2) is 10.6 Å². The van der Waals surface area contributed by atoms with Crippen LogP contribution in [0.15, 0.2) is 24.3 Å². The first kappa shape index (κ1) is 17.5. The summed E-state index contributed by atoms with van der Waals surface area (Å²) in [5.41, 5.74) is 0.754. The number of hydrogen-bond acceptors (Lipinski definition) is 5. The van der Waals surface area contributed by atoms with Crippen molar-refractivity contribution in [1.82, 2.24) is 0 Å². The Kier molecular flexibility index (Phi) is 4.85. The third kappa shape index (κ3) is 3.16. The molecule has 1 aliphatic carbocycles. The zero-order valence-electron chi connectivity index (χ0n) is 13.9. The highest BCUT2D eigenvalue weighted by Gasteiger charge is 2.50. The average Bonchev–Trinajstić information content (AvgIpc) is 2.86. The molecule has 1 aliphatic heterocycles. The Labute approximate surface area is 147 Å². The summed E-state index contributed by atoms with van der Waals surface area (Å²) >= 11 is 0. The molecule has 1 heterocycles. The largest absolute Gasteiger partial charge is 0.295 e. The van der Waals surface area contributed by atoms with Gasteiger partial charge >= 0.3 is 0 Å². The third-order valence-corrected chi connectivity index (χ3v) is 5.80. The number of Topliss-reactive ketones (excluding diaryl/α,β-unsaturated/α-hetero) is 1. The molecule has 1 saturated heterocycles. The second-order valence-electron chi connectivity index (χ2n) is 6.56. The van der Waals surface area contributed by atoms with E-state index >= 15 is 0 Å². The number of amides is 2. The molecule has 6 nitrogen and oxygen atoms in total. The van der Waals surface area contributed by atoms with Crippen LogP contribution in [0.1, 0.15) is 49.4 Å². The number of anilines is 1. The molecule has 132 valence electrons. The number of imide groups is 1. The summed E-state index contributed by atoms with van der Waals surface area (Å²) in [7, 11) is -2.73. The number of nitrogens with zero attached hydrogens (tertiary/aromatic N) is 1.